The number of rotatable bonds is 6. The van der Waals surface area contributed by atoms with Crippen molar-refractivity contribution in [2.75, 3.05) is 0 Å². The minimum Gasteiger partial charge on any atom is -0.263 e. The van der Waals surface area contributed by atoms with Crippen LogP contribution in [0.5, 0.6) is 0 Å². The van der Waals surface area contributed by atoms with Crippen LogP contribution in [0.1, 0.15) is 36.0 Å². The van der Waals surface area contributed by atoms with Crippen molar-refractivity contribution in [1.29, 1.82) is 5.26 Å². The van der Waals surface area contributed by atoms with Crippen LogP contribution in [0.2, 0.25) is 0 Å². The second-order valence-electron chi connectivity index (χ2n) is 8.15. The SMILES string of the molecule is Cc1ccc(S(=O)(=O)O[C@H]2CC[C@@H](C(C#N)(c3ccccc3)c3ccccc3)C2)cc1. The molecule has 1 aliphatic rings. The lowest BCUT2D eigenvalue weighted by atomic mass is 9.66. The first-order valence-electron chi connectivity index (χ1n) is 10.5. The monoisotopic (exact) mass is 431 g/mol. The Morgan fingerprint density at radius 3 is 1.94 bits per heavy atom. The summed E-state index contributed by atoms with van der Waals surface area (Å²) in [6.07, 6.45) is 1.36. The zero-order valence-corrected chi connectivity index (χ0v) is 18.3. The van der Waals surface area contributed by atoms with Crippen molar-refractivity contribution < 1.29 is 12.6 Å². The summed E-state index contributed by atoms with van der Waals surface area (Å²) in [6, 6.07) is 28.8. The Bertz CT molecular complexity index is 1130. The second-order valence-corrected chi connectivity index (χ2v) is 9.72. The highest BCUT2D eigenvalue weighted by atomic mass is 32.2. The van der Waals surface area contributed by atoms with E-state index in [2.05, 4.69) is 6.07 Å². The predicted molar refractivity (Wildman–Crippen MR) is 120 cm³/mol. The van der Waals surface area contributed by atoms with Crippen LogP contribution in [0.25, 0.3) is 0 Å². The van der Waals surface area contributed by atoms with E-state index < -0.39 is 21.6 Å². The van der Waals surface area contributed by atoms with E-state index in [1.54, 1.807) is 24.3 Å². The molecule has 5 heteroatoms. The zero-order valence-electron chi connectivity index (χ0n) is 17.4. The number of hydrogen-bond donors (Lipinski definition) is 0. The van der Waals surface area contributed by atoms with Crippen LogP contribution in [0.3, 0.4) is 0 Å². The number of nitriles is 1. The van der Waals surface area contributed by atoms with E-state index in [0.717, 1.165) is 16.7 Å². The Morgan fingerprint density at radius 1 is 0.871 bits per heavy atom. The molecule has 0 spiro atoms. The molecule has 0 aromatic heterocycles. The second kappa shape index (κ2) is 8.66. The molecule has 1 aliphatic carbocycles. The van der Waals surface area contributed by atoms with Crippen molar-refractivity contribution in [2.24, 2.45) is 5.92 Å². The summed E-state index contributed by atoms with van der Waals surface area (Å²) in [5, 5.41) is 10.5. The molecule has 1 fully saturated rings. The molecular formula is C26H25NO3S. The van der Waals surface area contributed by atoms with Crippen molar-refractivity contribution in [3.05, 3.63) is 102 Å². The van der Waals surface area contributed by atoms with Crippen LogP contribution < -0.4 is 0 Å². The summed E-state index contributed by atoms with van der Waals surface area (Å²) in [5.74, 6) is -0.0551. The van der Waals surface area contributed by atoms with Crippen LogP contribution in [0, 0.1) is 24.2 Å². The molecule has 0 N–H and O–H groups in total. The third kappa shape index (κ3) is 4.14. The van der Waals surface area contributed by atoms with Crippen LogP contribution in [0.4, 0.5) is 0 Å². The van der Waals surface area contributed by atoms with Crippen molar-refractivity contribution in [2.45, 2.75) is 42.6 Å². The maximum atomic E-state index is 12.8. The quantitative estimate of drug-likeness (QED) is 0.492. The first-order chi connectivity index (χ1) is 15.0. The normalized spacial score (nSPS) is 19.1. The lowest BCUT2D eigenvalue weighted by Crippen LogP contribution is -2.34. The van der Waals surface area contributed by atoms with Gasteiger partial charge in [-0.3, -0.25) is 4.18 Å². The topological polar surface area (TPSA) is 67.2 Å². The summed E-state index contributed by atoms with van der Waals surface area (Å²) in [7, 11) is -3.85. The van der Waals surface area contributed by atoms with Gasteiger partial charge in [-0.15, -0.1) is 0 Å². The van der Waals surface area contributed by atoms with E-state index in [1.807, 2.05) is 67.6 Å². The molecule has 0 saturated heterocycles. The third-order valence-electron chi connectivity index (χ3n) is 6.20. The van der Waals surface area contributed by atoms with Crippen LogP contribution in [-0.4, -0.2) is 14.5 Å². The summed E-state index contributed by atoms with van der Waals surface area (Å²) in [6.45, 7) is 1.91. The van der Waals surface area contributed by atoms with Gasteiger partial charge in [-0.1, -0.05) is 78.4 Å². The minimum absolute atomic E-state index is 0.0551. The molecule has 1 saturated carbocycles. The molecule has 31 heavy (non-hydrogen) atoms. The van der Waals surface area contributed by atoms with E-state index in [9.17, 15) is 13.7 Å². The molecule has 4 nitrogen and oxygen atoms in total. The molecule has 0 unspecified atom stereocenters. The summed E-state index contributed by atoms with van der Waals surface area (Å²) < 4.78 is 31.2. The van der Waals surface area contributed by atoms with Gasteiger partial charge in [0, 0.05) is 0 Å². The molecule has 4 rings (SSSR count). The lowest BCUT2D eigenvalue weighted by molar-refractivity contribution is 0.206. The van der Waals surface area contributed by atoms with Crippen LogP contribution in [0.15, 0.2) is 89.8 Å². The summed E-state index contributed by atoms with van der Waals surface area (Å²) in [4.78, 5) is 0.166. The molecule has 0 heterocycles. The van der Waals surface area contributed by atoms with Gasteiger partial charge < -0.3 is 0 Å². The fraction of sp³-hybridized carbons (Fsp3) is 0.269. The fourth-order valence-electron chi connectivity index (χ4n) is 4.62. The van der Waals surface area contributed by atoms with Gasteiger partial charge in [-0.25, -0.2) is 0 Å². The molecule has 0 bridgehead atoms. The van der Waals surface area contributed by atoms with E-state index in [4.69, 9.17) is 4.18 Å². The average Bonchev–Trinajstić information content (AvgIpc) is 3.24. The van der Waals surface area contributed by atoms with Gasteiger partial charge in [0.1, 0.15) is 5.41 Å². The highest BCUT2D eigenvalue weighted by Gasteiger charge is 2.47. The van der Waals surface area contributed by atoms with Crippen LogP contribution in [-0.2, 0) is 19.7 Å². The summed E-state index contributed by atoms with van der Waals surface area (Å²) in [5.41, 5.74) is 1.99. The molecule has 3 aromatic rings. The van der Waals surface area contributed by atoms with Gasteiger partial charge in [-0.05, 0) is 55.4 Å². The number of aryl methyl sites for hydroxylation is 1. The largest absolute Gasteiger partial charge is 0.297 e. The van der Waals surface area contributed by atoms with Crippen molar-refractivity contribution >= 4 is 10.1 Å². The Morgan fingerprint density at radius 2 is 1.42 bits per heavy atom. The first-order valence-corrected chi connectivity index (χ1v) is 11.9. The van der Waals surface area contributed by atoms with Gasteiger partial charge in [0.25, 0.3) is 10.1 Å². The molecule has 158 valence electrons. The van der Waals surface area contributed by atoms with Gasteiger partial charge in [0.2, 0.25) is 0 Å². The van der Waals surface area contributed by atoms with Crippen molar-refractivity contribution in [1.82, 2.24) is 0 Å². The van der Waals surface area contributed by atoms with Crippen LogP contribution >= 0.6 is 0 Å². The number of benzene rings is 3. The average molecular weight is 432 g/mol. The molecule has 3 aromatic carbocycles. The van der Waals surface area contributed by atoms with E-state index >= 15 is 0 Å². The highest BCUT2D eigenvalue weighted by molar-refractivity contribution is 7.86. The molecule has 2 atom stereocenters. The van der Waals surface area contributed by atoms with E-state index in [0.29, 0.717) is 19.3 Å². The van der Waals surface area contributed by atoms with E-state index in [-0.39, 0.29) is 10.8 Å². The van der Waals surface area contributed by atoms with Gasteiger partial charge in [-0.2, -0.15) is 13.7 Å². The third-order valence-corrected chi connectivity index (χ3v) is 7.58. The number of hydrogen-bond acceptors (Lipinski definition) is 4. The molecule has 0 radical (unpaired) electrons. The predicted octanol–water partition coefficient (Wildman–Crippen LogP) is 5.38. The van der Waals surface area contributed by atoms with Crippen molar-refractivity contribution in [3.8, 4) is 6.07 Å². The Kier molecular flexibility index (Phi) is 5.95. The van der Waals surface area contributed by atoms with Gasteiger partial charge >= 0.3 is 0 Å². The van der Waals surface area contributed by atoms with Gasteiger partial charge in [0.05, 0.1) is 17.1 Å². The van der Waals surface area contributed by atoms with Crippen molar-refractivity contribution in [3.63, 3.8) is 0 Å². The highest BCUT2D eigenvalue weighted by Crippen LogP contribution is 2.47. The molecule has 0 amide bonds. The maximum absolute atomic E-state index is 12.8. The zero-order chi connectivity index (χ0) is 21.9. The standard InChI is InChI=1S/C26H25NO3S/c1-20-12-16-25(17-13-20)31(28,29)30-24-15-14-23(18-24)26(19-27,21-8-4-2-5-9-21)22-10-6-3-7-11-22/h2-13,16-17,23-24H,14-15,18H2,1H3/t23-,24+/m1/s1. The Labute approximate surface area is 184 Å². The van der Waals surface area contributed by atoms with Gasteiger partial charge in [0.15, 0.2) is 0 Å². The first kappa shape index (κ1) is 21.3. The molecular weight excluding hydrogens is 406 g/mol. The smallest absolute Gasteiger partial charge is 0.263 e. The van der Waals surface area contributed by atoms with E-state index in [1.165, 1.54) is 0 Å². The summed E-state index contributed by atoms with van der Waals surface area (Å²) >= 11 is 0. The Hall–Kier alpha value is -2.94. The molecule has 0 aliphatic heterocycles. The maximum Gasteiger partial charge on any atom is 0.297 e. The Balaban J connectivity index is 1.64. The minimum atomic E-state index is -3.85. The number of nitrogens with zero attached hydrogens (tertiary/aromatic N) is 1. The lowest BCUT2D eigenvalue weighted by Gasteiger charge is -2.34. The fourth-order valence-corrected chi connectivity index (χ4v) is 5.73.